The fourth-order valence-corrected chi connectivity index (χ4v) is 3.36. The SMILES string of the molecule is Cc1nn(Cc2ccc(F)cc2)c(Cl)c1C(=O)N(CCC(C)C)C1CC1. The van der Waals surface area contributed by atoms with Gasteiger partial charge in [0.2, 0.25) is 0 Å². The average Bonchev–Trinajstić information content (AvgIpc) is 3.37. The van der Waals surface area contributed by atoms with Crippen LogP contribution in [0.2, 0.25) is 5.15 Å². The van der Waals surface area contributed by atoms with Crippen molar-refractivity contribution in [2.24, 2.45) is 5.92 Å². The number of hydrogen-bond donors (Lipinski definition) is 0. The molecule has 1 aliphatic carbocycles. The normalized spacial score (nSPS) is 14.1. The predicted molar refractivity (Wildman–Crippen MR) is 101 cm³/mol. The molecule has 1 aliphatic rings. The van der Waals surface area contributed by atoms with E-state index in [4.69, 9.17) is 11.6 Å². The Morgan fingerprint density at radius 3 is 2.58 bits per heavy atom. The van der Waals surface area contributed by atoms with E-state index >= 15 is 0 Å². The van der Waals surface area contributed by atoms with E-state index in [0.29, 0.717) is 34.9 Å². The van der Waals surface area contributed by atoms with E-state index in [2.05, 4.69) is 18.9 Å². The third-order valence-electron chi connectivity index (χ3n) is 4.72. The van der Waals surface area contributed by atoms with Gasteiger partial charge in [-0.15, -0.1) is 0 Å². The molecule has 0 saturated heterocycles. The largest absolute Gasteiger partial charge is 0.335 e. The minimum absolute atomic E-state index is 0.0268. The van der Waals surface area contributed by atoms with Crippen LogP contribution in [-0.2, 0) is 6.54 Å². The molecule has 0 radical (unpaired) electrons. The van der Waals surface area contributed by atoms with Gasteiger partial charge in [-0.1, -0.05) is 37.6 Å². The molecule has 26 heavy (non-hydrogen) atoms. The molecule has 1 heterocycles. The maximum absolute atomic E-state index is 13.1. The van der Waals surface area contributed by atoms with E-state index < -0.39 is 0 Å². The number of hydrogen-bond acceptors (Lipinski definition) is 2. The van der Waals surface area contributed by atoms with Crippen molar-refractivity contribution in [1.82, 2.24) is 14.7 Å². The van der Waals surface area contributed by atoms with Gasteiger partial charge in [0, 0.05) is 12.6 Å². The van der Waals surface area contributed by atoms with Gasteiger partial charge in [0.05, 0.1) is 17.8 Å². The van der Waals surface area contributed by atoms with Gasteiger partial charge in [-0.05, 0) is 49.8 Å². The molecule has 0 bridgehead atoms. The average molecular weight is 378 g/mol. The summed E-state index contributed by atoms with van der Waals surface area (Å²) in [6, 6.07) is 6.54. The maximum atomic E-state index is 13.1. The summed E-state index contributed by atoms with van der Waals surface area (Å²) >= 11 is 6.52. The summed E-state index contributed by atoms with van der Waals surface area (Å²) in [5, 5.41) is 4.80. The van der Waals surface area contributed by atoms with Crippen LogP contribution in [0.15, 0.2) is 24.3 Å². The first-order valence-electron chi connectivity index (χ1n) is 9.15. The fraction of sp³-hybridized carbons (Fsp3) is 0.500. The van der Waals surface area contributed by atoms with Gasteiger partial charge in [0.15, 0.2) is 0 Å². The molecule has 1 saturated carbocycles. The third-order valence-corrected chi connectivity index (χ3v) is 5.10. The Bertz CT molecular complexity index is 781. The number of halogens is 2. The number of amides is 1. The van der Waals surface area contributed by atoms with Crippen molar-refractivity contribution in [3.63, 3.8) is 0 Å². The summed E-state index contributed by atoms with van der Waals surface area (Å²) in [7, 11) is 0. The molecule has 6 heteroatoms. The van der Waals surface area contributed by atoms with Crippen LogP contribution in [0.1, 0.15) is 54.7 Å². The monoisotopic (exact) mass is 377 g/mol. The molecule has 2 aromatic rings. The first kappa shape index (κ1) is 18.9. The molecule has 0 spiro atoms. The van der Waals surface area contributed by atoms with Crippen molar-refractivity contribution in [2.45, 2.75) is 52.6 Å². The number of rotatable bonds is 7. The third kappa shape index (κ3) is 4.26. The maximum Gasteiger partial charge on any atom is 0.259 e. The van der Waals surface area contributed by atoms with Crippen molar-refractivity contribution in [1.29, 1.82) is 0 Å². The quantitative estimate of drug-likeness (QED) is 0.702. The van der Waals surface area contributed by atoms with Crippen LogP contribution >= 0.6 is 11.6 Å². The molecule has 140 valence electrons. The fourth-order valence-electron chi connectivity index (χ4n) is 3.04. The summed E-state index contributed by atoms with van der Waals surface area (Å²) in [4.78, 5) is 15.1. The van der Waals surface area contributed by atoms with E-state index in [9.17, 15) is 9.18 Å². The van der Waals surface area contributed by atoms with Crippen LogP contribution < -0.4 is 0 Å². The topological polar surface area (TPSA) is 38.1 Å². The van der Waals surface area contributed by atoms with E-state index in [1.807, 2.05) is 11.8 Å². The van der Waals surface area contributed by atoms with Crippen molar-refractivity contribution in [2.75, 3.05) is 6.54 Å². The lowest BCUT2D eigenvalue weighted by Crippen LogP contribution is -2.35. The van der Waals surface area contributed by atoms with Crippen LogP contribution in [0.25, 0.3) is 0 Å². The zero-order valence-electron chi connectivity index (χ0n) is 15.5. The highest BCUT2D eigenvalue weighted by atomic mass is 35.5. The molecule has 1 aromatic carbocycles. The molecular formula is C20H25ClFN3O. The molecule has 4 nitrogen and oxygen atoms in total. The van der Waals surface area contributed by atoms with Crippen LogP contribution in [-0.4, -0.2) is 33.2 Å². The summed E-state index contributed by atoms with van der Waals surface area (Å²) in [5.74, 6) is 0.236. The summed E-state index contributed by atoms with van der Waals surface area (Å²) < 4.78 is 14.7. The van der Waals surface area contributed by atoms with Crippen molar-refractivity contribution in [3.05, 3.63) is 52.1 Å². The second-order valence-corrected chi connectivity index (χ2v) is 7.81. The first-order chi connectivity index (χ1) is 12.4. The van der Waals surface area contributed by atoms with Crippen molar-refractivity contribution < 1.29 is 9.18 Å². The van der Waals surface area contributed by atoms with Gasteiger partial charge in [-0.2, -0.15) is 5.10 Å². The van der Waals surface area contributed by atoms with Gasteiger partial charge >= 0.3 is 0 Å². The molecule has 3 rings (SSSR count). The Morgan fingerprint density at radius 2 is 2.00 bits per heavy atom. The molecule has 0 unspecified atom stereocenters. The van der Waals surface area contributed by atoms with Gasteiger partial charge in [0.1, 0.15) is 11.0 Å². The summed E-state index contributed by atoms with van der Waals surface area (Å²) in [5.41, 5.74) is 2.01. The van der Waals surface area contributed by atoms with Crippen LogP contribution in [0.5, 0.6) is 0 Å². The highest BCUT2D eigenvalue weighted by Crippen LogP contribution is 2.31. The zero-order chi connectivity index (χ0) is 18.8. The predicted octanol–water partition coefficient (Wildman–Crippen LogP) is 4.68. The summed E-state index contributed by atoms with van der Waals surface area (Å²) in [6.07, 6.45) is 3.09. The molecular weight excluding hydrogens is 353 g/mol. The summed E-state index contributed by atoms with van der Waals surface area (Å²) in [6.45, 7) is 7.29. The molecule has 0 aliphatic heterocycles. The van der Waals surface area contributed by atoms with Crippen molar-refractivity contribution >= 4 is 17.5 Å². The van der Waals surface area contributed by atoms with Gasteiger partial charge in [-0.25, -0.2) is 9.07 Å². The lowest BCUT2D eigenvalue weighted by Gasteiger charge is -2.23. The molecule has 1 aromatic heterocycles. The lowest BCUT2D eigenvalue weighted by atomic mass is 10.1. The highest BCUT2D eigenvalue weighted by molar-refractivity contribution is 6.33. The molecule has 0 N–H and O–H groups in total. The molecule has 0 atom stereocenters. The van der Waals surface area contributed by atoms with E-state index in [0.717, 1.165) is 31.4 Å². The Hall–Kier alpha value is -1.88. The minimum atomic E-state index is -0.280. The lowest BCUT2D eigenvalue weighted by molar-refractivity contribution is 0.0735. The molecule has 1 fully saturated rings. The van der Waals surface area contributed by atoms with Gasteiger partial charge in [-0.3, -0.25) is 4.79 Å². The first-order valence-corrected chi connectivity index (χ1v) is 9.53. The van der Waals surface area contributed by atoms with Gasteiger partial charge in [0.25, 0.3) is 5.91 Å². The van der Waals surface area contributed by atoms with E-state index in [1.54, 1.807) is 16.8 Å². The highest BCUT2D eigenvalue weighted by Gasteiger charge is 2.35. The van der Waals surface area contributed by atoms with E-state index in [-0.39, 0.29) is 11.7 Å². The minimum Gasteiger partial charge on any atom is -0.335 e. The number of aromatic nitrogens is 2. The Morgan fingerprint density at radius 1 is 1.35 bits per heavy atom. The Balaban J connectivity index is 1.81. The Labute approximate surface area is 158 Å². The van der Waals surface area contributed by atoms with Crippen LogP contribution in [0.3, 0.4) is 0 Å². The number of carbonyl (C=O) groups excluding carboxylic acids is 1. The number of benzene rings is 1. The number of aryl methyl sites for hydroxylation is 1. The van der Waals surface area contributed by atoms with Crippen molar-refractivity contribution in [3.8, 4) is 0 Å². The Kier molecular flexibility index (Phi) is 5.66. The molecule has 1 amide bonds. The number of carbonyl (C=O) groups is 1. The van der Waals surface area contributed by atoms with Crippen LogP contribution in [0, 0.1) is 18.7 Å². The van der Waals surface area contributed by atoms with Crippen LogP contribution in [0.4, 0.5) is 4.39 Å². The van der Waals surface area contributed by atoms with E-state index in [1.165, 1.54) is 12.1 Å². The standard InChI is InChI=1S/C20H25ClFN3O/c1-13(2)10-11-24(17-8-9-17)20(26)18-14(3)23-25(19(18)21)12-15-4-6-16(22)7-5-15/h4-7,13,17H,8-12H2,1-3H3. The second kappa shape index (κ2) is 7.78. The second-order valence-electron chi connectivity index (χ2n) is 7.45. The zero-order valence-corrected chi connectivity index (χ0v) is 16.3. The van der Waals surface area contributed by atoms with Gasteiger partial charge < -0.3 is 4.90 Å². The number of nitrogens with zero attached hydrogens (tertiary/aromatic N) is 3. The smallest absolute Gasteiger partial charge is 0.259 e.